The van der Waals surface area contributed by atoms with Crippen LogP contribution >= 0.6 is 11.3 Å². The SMILES string of the molecule is Cc1ncsc1-c1ccc(CNC(=O)[C@@H]2C[C@@H](O)CN2C(=O)C(NC(=O)CCCN=[N+]=[N-])C(C)(C)C)cc1. The molecule has 0 radical (unpaired) electrons. The van der Waals surface area contributed by atoms with Crippen LogP contribution in [0.1, 0.15) is 51.3 Å². The maximum absolute atomic E-state index is 13.6. The summed E-state index contributed by atoms with van der Waals surface area (Å²) in [7, 11) is 0. The fraction of sp³-hybridized carbons (Fsp3) is 0.538. The number of hydrogen-bond donors (Lipinski definition) is 3. The second-order valence-electron chi connectivity index (χ2n) is 10.5. The number of aliphatic hydroxyl groups excluding tert-OH is 1. The number of amides is 3. The Balaban J connectivity index is 1.64. The average Bonchev–Trinajstić information content (AvgIpc) is 3.48. The van der Waals surface area contributed by atoms with Gasteiger partial charge in [-0.15, -0.1) is 11.3 Å². The standard InChI is InChI=1S/C26H35N7O4S/c1-16-22(38-15-29-16)18-9-7-17(8-10-18)13-28-24(36)20-12-19(34)14-33(20)25(37)23(26(2,3)4)31-21(35)6-5-11-30-32-27/h7-10,15,19-20,23,34H,5-6,11-14H2,1-4H3,(H,28,36)(H,31,35)/t19-,20+,23?/m1/s1. The van der Waals surface area contributed by atoms with E-state index in [4.69, 9.17) is 5.53 Å². The highest BCUT2D eigenvalue weighted by Crippen LogP contribution is 2.28. The van der Waals surface area contributed by atoms with Gasteiger partial charge in [0.1, 0.15) is 12.1 Å². The quantitative estimate of drug-likeness (QED) is 0.182. The topological polar surface area (TPSA) is 160 Å². The van der Waals surface area contributed by atoms with Crippen molar-refractivity contribution in [2.45, 2.75) is 71.7 Å². The Morgan fingerprint density at radius 3 is 2.61 bits per heavy atom. The molecule has 0 aliphatic carbocycles. The van der Waals surface area contributed by atoms with Gasteiger partial charge in [0, 0.05) is 37.4 Å². The summed E-state index contributed by atoms with van der Waals surface area (Å²) in [6, 6.07) is 6.12. The number of β-amino-alcohol motifs (C(OH)–C–C–N with tert-alkyl or cyclic N) is 1. The number of carbonyl (C=O) groups is 3. The molecule has 0 saturated carbocycles. The van der Waals surface area contributed by atoms with Crippen LogP contribution in [0.4, 0.5) is 0 Å². The zero-order chi connectivity index (χ0) is 27.9. The monoisotopic (exact) mass is 541 g/mol. The van der Waals surface area contributed by atoms with Crippen molar-refractivity contribution in [1.82, 2.24) is 20.5 Å². The number of aryl methyl sites for hydroxylation is 1. The van der Waals surface area contributed by atoms with Crippen LogP contribution in [-0.2, 0) is 20.9 Å². The molecule has 1 aliphatic rings. The number of rotatable bonds is 10. The molecule has 3 atom stereocenters. The summed E-state index contributed by atoms with van der Waals surface area (Å²) in [5.74, 6) is -1.11. The highest BCUT2D eigenvalue weighted by atomic mass is 32.1. The van der Waals surface area contributed by atoms with Gasteiger partial charge in [-0.2, -0.15) is 0 Å². The molecular weight excluding hydrogens is 506 g/mol. The van der Waals surface area contributed by atoms with Gasteiger partial charge < -0.3 is 20.6 Å². The molecule has 204 valence electrons. The van der Waals surface area contributed by atoms with Crippen LogP contribution < -0.4 is 10.6 Å². The second kappa shape index (κ2) is 12.9. The molecular formula is C26H35N7O4S. The zero-order valence-electron chi connectivity index (χ0n) is 22.2. The fourth-order valence-corrected chi connectivity index (χ4v) is 5.18. The van der Waals surface area contributed by atoms with Gasteiger partial charge in [-0.1, -0.05) is 50.2 Å². The molecule has 3 rings (SSSR count). The lowest BCUT2D eigenvalue weighted by Crippen LogP contribution is -2.57. The lowest BCUT2D eigenvalue weighted by atomic mass is 9.85. The molecule has 1 unspecified atom stereocenters. The van der Waals surface area contributed by atoms with Crippen LogP contribution in [0.5, 0.6) is 0 Å². The van der Waals surface area contributed by atoms with Crippen molar-refractivity contribution in [1.29, 1.82) is 0 Å². The van der Waals surface area contributed by atoms with E-state index < -0.39 is 29.5 Å². The van der Waals surface area contributed by atoms with Gasteiger partial charge in [0.2, 0.25) is 17.7 Å². The third-order valence-corrected chi connectivity index (χ3v) is 7.41. The molecule has 1 fully saturated rings. The molecule has 1 saturated heterocycles. The van der Waals surface area contributed by atoms with Crippen molar-refractivity contribution in [3.8, 4) is 10.4 Å². The summed E-state index contributed by atoms with van der Waals surface area (Å²) in [5.41, 5.74) is 12.5. The van der Waals surface area contributed by atoms with Crippen LogP contribution in [0, 0.1) is 12.3 Å². The minimum atomic E-state index is -0.891. The first-order chi connectivity index (χ1) is 18.0. The predicted octanol–water partition coefficient (Wildman–Crippen LogP) is 3.32. The van der Waals surface area contributed by atoms with E-state index >= 15 is 0 Å². The van der Waals surface area contributed by atoms with Gasteiger partial charge in [0.05, 0.1) is 22.2 Å². The first kappa shape index (κ1) is 29.1. The normalized spacial score (nSPS) is 18.0. The summed E-state index contributed by atoms with van der Waals surface area (Å²) in [6.07, 6.45) is -0.249. The summed E-state index contributed by atoms with van der Waals surface area (Å²) in [6.45, 7) is 7.93. The van der Waals surface area contributed by atoms with Gasteiger partial charge >= 0.3 is 0 Å². The molecule has 1 aromatic heterocycles. The van der Waals surface area contributed by atoms with Crippen LogP contribution in [0.15, 0.2) is 34.9 Å². The fourth-order valence-electron chi connectivity index (χ4n) is 4.37. The summed E-state index contributed by atoms with van der Waals surface area (Å²) in [4.78, 5) is 48.6. The number of thiazole rings is 1. The molecule has 3 amide bonds. The van der Waals surface area contributed by atoms with Crippen molar-refractivity contribution in [3.63, 3.8) is 0 Å². The maximum atomic E-state index is 13.6. The number of likely N-dealkylation sites (tertiary alicyclic amines) is 1. The van der Waals surface area contributed by atoms with E-state index in [1.165, 1.54) is 4.90 Å². The lowest BCUT2D eigenvalue weighted by Gasteiger charge is -2.35. The van der Waals surface area contributed by atoms with E-state index in [2.05, 4.69) is 25.6 Å². The highest BCUT2D eigenvalue weighted by Gasteiger charge is 2.44. The van der Waals surface area contributed by atoms with Crippen LogP contribution in [0.2, 0.25) is 0 Å². The lowest BCUT2D eigenvalue weighted by molar-refractivity contribution is -0.144. The van der Waals surface area contributed by atoms with E-state index in [1.807, 2.05) is 57.5 Å². The van der Waals surface area contributed by atoms with Gasteiger partial charge in [0.15, 0.2) is 0 Å². The Hall–Kier alpha value is -3.47. The number of hydrogen-bond acceptors (Lipinski definition) is 7. The number of aliphatic hydroxyl groups is 1. The minimum Gasteiger partial charge on any atom is -0.391 e. The van der Waals surface area contributed by atoms with Crippen molar-refractivity contribution in [3.05, 3.63) is 51.5 Å². The Bertz CT molecular complexity index is 1180. The smallest absolute Gasteiger partial charge is 0.246 e. The second-order valence-corrected chi connectivity index (χ2v) is 11.4. The molecule has 1 aromatic carbocycles. The van der Waals surface area contributed by atoms with E-state index in [9.17, 15) is 19.5 Å². The van der Waals surface area contributed by atoms with Gasteiger partial charge in [0.25, 0.3) is 0 Å². The Kier molecular flexibility index (Phi) is 9.84. The number of aromatic nitrogens is 1. The van der Waals surface area contributed by atoms with Crippen LogP contribution in [-0.4, -0.2) is 64.0 Å². The highest BCUT2D eigenvalue weighted by molar-refractivity contribution is 7.13. The third-order valence-electron chi connectivity index (χ3n) is 6.44. The average molecular weight is 542 g/mol. The molecule has 2 heterocycles. The summed E-state index contributed by atoms with van der Waals surface area (Å²) >= 11 is 1.57. The number of carbonyl (C=O) groups excluding carboxylic acids is 3. The number of benzene rings is 1. The molecule has 0 spiro atoms. The van der Waals surface area contributed by atoms with Crippen LogP contribution in [0.25, 0.3) is 20.9 Å². The number of nitrogens with one attached hydrogen (secondary N) is 2. The van der Waals surface area contributed by atoms with E-state index in [0.29, 0.717) is 6.42 Å². The third kappa shape index (κ3) is 7.53. The Morgan fingerprint density at radius 2 is 2.00 bits per heavy atom. The Morgan fingerprint density at radius 1 is 1.29 bits per heavy atom. The van der Waals surface area contributed by atoms with Crippen LogP contribution in [0.3, 0.4) is 0 Å². The van der Waals surface area contributed by atoms with Crippen molar-refractivity contribution < 1.29 is 19.5 Å². The largest absolute Gasteiger partial charge is 0.391 e. The molecule has 12 heteroatoms. The summed E-state index contributed by atoms with van der Waals surface area (Å²) in [5, 5.41) is 19.4. The summed E-state index contributed by atoms with van der Waals surface area (Å²) < 4.78 is 0. The van der Waals surface area contributed by atoms with Gasteiger partial charge in [-0.05, 0) is 35.4 Å². The maximum Gasteiger partial charge on any atom is 0.246 e. The number of azide groups is 1. The molecule has 2 aromatic rings. The van der Waals surface area contributed by atoms with E-state index in [-0.39, 0.29) is 44.3 Å². The van der Waals surface area contributed by atoms with Crippen molar-refractivity contribution >= 4 is 29.1 Å². The molecule has 3 N–H and O–H groups in total. The zero-order valence-corrected chi connectivity index (χ0v) is 23.0. The molecule has 11 nitrogen and oxygen atoms in total. The van der Waals surface area contributed by atoms with Gasteiger partial charge in [-0.25, -0.2) is 4.98 Å². The number of nitrogens with zero attached hydrogens (tertiary/aromatic N) is 5. The van der Waals surface area contributed by atoms with Crippen molar-refractivity contribution in [2.75, 3.05) is 13.1 Å². The Labute approximate surface area is 226 Å². The molecule has 1 aliphatic heterocycles. The van der Waals surface area contributed by atoms with E-state index in [1.54, 1.807) is 11.3 Å². The predicted molar refractivity (Wildman–Crippen MR) is 145 cm³/mol. The van der Waals surface area contributed by atoms with Crippen molar-refractivity contribution in [2.24, 2.45) is 10.5 Å². The van der Waals surface area contributed by atoms with E-state index in [0.717, 1.165) is 21.7 Å². The first-order valence-electron chi connectivity index (χ1n) is 12.6. The van der Waals surface area contributed by atoms with Gasteiger partial charge in [-0.3, -0.25) is 14.4 Å². The minimum absolute atomic E-state index is 0.0130. The molecule has 0 bridgehead atoms. The first-order valence-corrected chi connectivity index (χ1v) is 13.4. The molecule has 38 heavy (non-hydrogen) atoms.